The third-order valence-electron chi connectivity index (χ3n) is 5.17. The molecule has 1 nitrogen and oxygen atoms in total. The number of hydrogen-bond donors (Lipinski definition) is 0. The fourth-order valence-electron chi connectivity index (χ4n) is 3.70. The summed E-state index contributed by atoms with van der Waals surface area (Å²) in [7, 11) is 2.06. The first-order valence-corrected chi connectivity index (χ1v) is 9.26. The first kappa shape index (κ1) is 18.6. The highest BCUT2D eigenvalue weighted by Gasteiger charge is 2.19. The SMILES string of the molecule is Cc1cc(-c2cc3cc(CC(C)(C)C)ccc3c[n+]2C)c(C)c(C)c1F. The molecule has 0 saturated carbocycles. The molecule has 0 aliphatic heterocycles. The summed E-state index contributed by atoms with van der Waals surface area (Å²) in [5, 5.41) is 2.46. The smallest absolute Gasteiger partial charge is 0.206 e. The van der Waals surface area contributed by atoms with Crippen LogP contribution in [0.15, 0.2) is 36.5 Å². The van der Waals surface area contributed by atoms with Gasteiger partial charge in [-0.3, -0.25) is 0 Å². The molecule has 2 aromatic carbocycles. The number of benzene rings is 2. The normalized spacial score (nSPS) is 12.0. The molecule has 1 heterocycles. The van der Waals surface area contributed by atoms with Gasteiger partial charge in [0.05, 0.1) is 0 Å². The number of halogens is 1. The Kier molecular flexibility index (Phi) is 4.64. The van der Waals surface area contributed by atoms with Crippen molar-refractivity contribution in [3.8, 4) is 11.3 Å². The lowest BCUT2D eigenvalue weighted by Crippen LogP contribution is -2.30. The maximum atomic E-state index is 14.2. The minimum atomic E-state index is -0.0952. The molecule has 0 radical (unpaired) electrons. The Hall–Kier alpha value is -2.22. The van der Waals surface area contributed by atoms with Crippen LogP contribution in [0.4, 0.5) is 4.39 Å². The van der Waals surface area contributed by atoms with Crippen molar-refractivity contribution in [2.75, 3.05) is 0 Å². The highest BCUT2D eigenvalue weighted by atomic mass is 19.1. The molecule has 136 valence electrons. The average molecular weight is 351 g/mol. The number of hydrogen-bond acceptors (Lipinski definition) is 0. The van der Waals surface area contributed by atoms with Crippen molar-refractivity contribution in [2.24, 2.45) is 12.5 Å². The Morgan fingerprint density at radius 2 is 1.62 bits per heavy atom. The van der Waals surface area contributed by atoms with E-state index in [2.05, 4.69) is 62.8 Å². The maximum Gasteiger partial charge on any atom is 0.213 e. The van der Waals surface area contributed by atoms with Gasteiger partial charge in [-0.15, -0.1) is 0 Å². The standard InChI is InChI=1S/C24H29FN/c1-15-10-21(16(2)17(3)23(15)25)22-12-20-11-18(13-24(4,5)6)8-9-19(20)14-26(22)7/h8-12,14H,13H2,1-7H3/q+1. The molecule has 0 spiro atoms. The second-order valence-electron chi connectivity index (χ2n) is 8.78. The Balaban J connectivity index is 2.19. The monoisotopic (exact) mass is 350 g/mol. The molecule has 0 aliphatic rings. The van der Waals surface area contributed by atoms with Gasteiger partial charge in [0.1, 0.15) is 12.9 Å². The van der Waals surface area contributed by atoms with E-state index in [-0.39, 0.29) is 11.2 Å². The fraction of sp³-hybridized carbons (Fsp3) is 0.375. The van der Waals surface area contributed by atoms with Crippen molar-refractivity contribution in [1.82, 2.24) is 0 Å². The van der Waals surface area contributed by atoms with Crippen LogP contribution in [-0.2, 0) is 13.5 Å². The minimum Gasteiger partial charge on any atom is -0.206 e. The van der Waals surface area contributed by atoms with Gasteiger partial charge in [-0.25, -0.2) is 8.96 Å². The lowest BCUT2D eigenvalue weighted by atomic mass is 9.87. The molecule has 0 atom stereocenters. The first-order chi connectivity index (χ1) is 12.1. The number of aromatic nitrogens is 1. The van der Waals surface area contributed by atoms with Gasteiger partial charge in [0, 0.05) is 17.0 Å². The van der Waals surface area contributed by atoms with Crippen LogP contribution in [0.25, 0.3) is 22.0 Å². The summed E-state index contributed by atoms with van der Waals surface area (Å²) >= 11 is 0. The van der Waals surface area contributed by atoms with Gasteiger partial charge in [-0.05, 0) is 72.4 Å². The van der Waals surface area contributed by atoms with Gasteiger partial charge in [-0.2, -0.15) is 0 Å². The molecule has 26 heavy (non-hydrogen) atoms. The quantitative estimate of drug-likeness (QED) is 0.500. The number of aryl methyl sites for hydroxylation is 2. The van der Waals surface area contributed by atoms with Crippen LogP contribution in [-0.4, -0.2) is 0 Å². The Morgan fingerprint density at radius 3 is 2.27 bits per heavy atom. The summed E-state index contributed by atoms with van der Waals surface area (Å²) in [5.74, 6) is -0.0952. The fourth-order valence-corrected chi connectivity index (χ4v) is 3.70. The zero-order valence-electron chi connectivity index (χ0n) is 17.0. The van der Waals surface area contributed by atoms with Crippen LogP contribution in [0.1, 0.15) is 43.0 Å². The number of rotatable bonds is 2. The zero-order chi connectivity index (χ0) is 19.2. The highest BCUT2D eigenvalue weighted by Crippen LogP contribution is 2.30. The predicted octanol–water partition coefficient (Wildman–Crippen LogP) is 5.98. The van der Waals surface area contributed by atoms with Gasteiger partial charge in [-0.1, -0.05) is 32.9 Å². The molecular weight excluding hydrogens is 321 g/mol. The summed E-state index contributed by atoms with van der Waals surface area (Å²) in [6, 6.07) is 10.9. The number of pyridine rings is 1. The van der Waals surface area contributed by atoms with E-state index in [9.17, 15) is 4.39 Å². The van der Waals surface area contributed by atoms with Crippen molar-refractivity contribution in [2.45, 2.75) is 48.0 Å². The van der Waals surface area contributed by atoms with E-state index in [1.54, 1.807) is 0 Å². The van der Waals surface area contributed by atoms with Crippen LogP contribution < -0.4 is 4.57 Å². The molecule has 1 aromatic heterocycles. The van der Waals surface area contributed by atoms with Crippen LogP contribution in [0.5, 0.6) is 0 Å². The van der Waals surface area contributed by atoms with Crippen LogP contribution in [0.2, 0.25) is 0 Å². The second kappa shape index (κ2) is 6.50. The molecule has 0 aliphatic carbocycles. The van der Waals surface area contributed by atoms with E-state index in [4.69, 9.17) is 0 Å². The number of nitrogens with zero attached hydrogens (tertiary/aromatic N) is 1. The molecule has 3 aromatic rings. The molecule has 2 heteroatoms. The van der Waals surface area contributed by atoms with Gasteiger partial charge in [0.2, 0.25) is 5.69 Å². The zero-order valence-corrected chi connectivity index (χ0v) is 17.0. The lowest BCUT2D eigenvalue weighted by Gasteiger charge is -2.18. The Bertz CT molecular complexity index is 993. The molecule has 0 fully saturated rings. The van der Waals surface area contributed by atoms with Crippen molar-refractivity contribution < 1.29 is 8.96 Å². The summed E-state index contributed by atoms with van der Waals surface area (Å²) in [6.45, 7) is 12.5. The third kappa shape index (κ3) is 3.51. The van der Waals surface area contributed by atoms with Crippen LogP contribution >= 0.6 is 0 Å². The Morgan fingerprint density at radius 1 is 0.923 bits per heavy atom. The molecule has 0 saturated heterocycles. The Labute approximate surface area is 156 Å². The van der Waals surface area contributed by atoms with Crippen LogP contribution in [0, 0.1) is 32.0 Å². The summed E-state index contributed by atoms with van der Waals surface area (Å²) < 4.78 is 16.4. The van der Waals surface area contributed by atoms with E-state index in [1.807, 2.05) is 26.8 Å². The molecule has 3 rings (SSSR count). The predicted molar refractivity (Wildman–Crippen MR) is 108 cm³/mol. The van der Waals surface area contributed by atoms with Crippen molar-refractivity contribution in [1.29, 1.82) is 0 Å². The average Bonchev–Trinajstić information content (AvgIpc) is 2.55. The number of fused-ring (bicyclic) bond motifs is 1. The topological polar surface area (TPSA) is 3.88 Å². The first-order valence-electron chi connectivity index (χ1n) is 9.26. The van der Waals surface area contributed by atoms with Crippen molar-refractivity contribution in [3.63, 3.8) is 0 Å². The third-order valence-corrected chi connectivity index (χ3v) is 5.17. The summed E-state index contributed by atoms with van der Waals surface area (Å²) in [4.78, 5) is 0. The second-order valence-corrected chi connectivity index (χ2v) is 8.78. The lowest BCUT2D eigenvalue weighted by molar-refractivity contribution is -0.659. The maximum absolute atomic E-state index is 14.2. The van der Waals surface area contributed by atoms with Gasteiger partial charge in [0.15, 0.2) is 6.20 Å². The highest BCUT2D eigenvalue weighted by molar-refractivity contribution is 5.85. The van der Waals surface area contributed by atoms with E-state index in [0.29, 0.717) is 5.56 Å². The summed E-state index contributed by atoms with van der Waals surface area (Å²) in [5.41, 5.74) is 6.28. The molecule has 0 amide bonds. The molecule has 0 N–H and O–H groups in total. The van der Waals surface area contributed by atoms with Gasteiger partial charge in [0.25, 0.3) is 0 Å². The molecule has 0 bridgehead atoms. The van der Waals surface area contributed by atoms with Crippen molar-refractivity contribution >= 4 is 10.8 Å². The van der Waals surface area contributed by atoms with Gasteiger partial charge < -0.3 is 0 Å². The van der Waals surface area contributed by atoms with Crippen molar-refractivity contribution in [3.05, 3.63) is 64.6 Å². The largest absolute Gasteiger partial charge is 0.213 e. The van der Waals surface area contributed by atoms with E-state index >= 15 is 0 Å². The molecule has 0 unspecified atom stereocenters. The molecular formula is C24H29FN+. The van der Waals surface area contributed by atoms with E-state index in [1.165, 1.54) is 16.3 Å². The van der Waals surface area contributed by atoms with Crippen LogP contribution in [0.3, 0.4) is 0 Å². The van der Waals surface area contributed by atoms with E-state index < -0.39 is 0 Å². The minimum absolute atomic E-state index is 0.0952. The van der Waals surface area contributed by atoms with Gasteiger partial charge >= 0.3 is 0 Å². The van der Waals surface area contributed by atoms with E-state index in [0.717, 1.165) is 28.8 Å². The summed E-state index contributed by atoms with van der Waals surface area (Å²) in [6.07, 6.45) is 3.21.